The van der Waals surface area contributed by atoms with Crippen LogP contribution in [0.4, 0.5) is 4.79 Å². The van der Waals surface area contributed by atoms with Crippen LogP contribution in [0, 0.1) is 0 Å². The number of aryl methyl sites for hydroxylation is 1. The highest BCUT2D eigenvalue weighted by Crippen LogP contribution is 2.16. The molecule has 1 aromatic rings. The van der Waals surface area contributed by atoms with Crippen LogP contribution in [0.15, 0.2) is 12.1 Å². The summed E-state index contributed by atoms with van der Waals surface area (Å²) in [6.45, 7) is 3.91. The zero-order valence-electron chi connectivity index (χ0n) is 9.82. The molecule has 6 heteroatoms. The summed E-state index contributed by atoms with van der Waals surface area (Å²) in [7, 11) is 0. The molecule has 0 aromatic carbocycles. The second-order valence-electron chi connectivity index (χ2n) is 3.61. The number of carboxylic acid groups (broad SMARTS) is 1. The number of hydrogen-bond donors (Lipinski definition) is 3. The molecule has 94 valence electrons. The van der Waals surface area contributed by atoms with Gasteiger partial charge in [-0.15, -0.1) is 11.3 Å². The summed E-state index contributed by atoms with van der Waals surface area (Å²) in [4.78, 5) is 24.2. The zero-order valence-corrected chi connectivity index (χ0v) is 10.6. The Balaban J connectivity index is 2.35. The predicted molar refractivity (Wildman–Crippen MR) is 66.2 cm³/mol. The van der Waals surface area contributed by atoms with Gasteiger partial charge in [0.2, 0.25) is 0 Å². The predicted octanol–water partition coefficient (Wildman–Crippen LogP) is 1.58. The molecular weight excluding hydrogens is 240 g/mol. The average molecular weight is 256 g/mol. The van der Waals surface area contributed by atoms with E-state index in [9.17, 15) is 9.59 Å². The zero-order chi connectivity index (χ0) is 12.8. The van der Waals surface area contributed by atoms with Crippen molar-refractivity contribution in [1.29, 1.82) is 0 Å². The van der Waals surface area contributed by atoms with Gasteiger partial charge in [0.1, 0.15) is 6.04 Å². The lowest BCUT2D eigenvalue weighted by Crippen LogP contribution is -2.43. The molecule has 0 bridgehead atoms. The maximum atomic E-state index is 11.3. The number of urea groups is 1. The molecule has 0 aliphatic carbocycles. The third-order valence-corrected chi connectivity index (χ3v) is 3.44. The van der Waals surface area contributed by atoms with Crippen molar-refractivity contribution in [2.24, 2.45) is 0 Å². The molecular formula is C11H16N2O3S. The number of carbonyl (C=O) groups is 2. The van der Waals surface area contributed by atoms with Gasteiger partial charge in [0.15, 0.2) is 0 Å². The lowest BCUT2D eigenvalue weighted by atomic mass is 10.3. The second kappa shape index (κ2) is 6.24. The molecule has 5 nitrogen and oxygen atoms in total. The Morgan fingerprint density at radius 2 is 2.06 bits per heavy atom. The Labute approximate surface area is 104 Å². The molecule has 1 aromatic heterocycles. The molecule has 1 atom stereocenters. The van der Waals surface area contributed by atoms with Crippen LogP contribution in [0.2, 0.25) is 0 Å². The van der Waals surface area contributed by atoms with E-state index >= 15 is 0 Å². The Bertz CT molecular complexity index is 403. The van der Waals surface area contributed by atoms with Crippen LogP contribution in [0.1, 0.15) is 23.6 Å². The van der Waals surface area contributed by atoms with Crippen molar-refractivity contribution in [2.75, 3.05) is 0 Å². The summed E-state index contributed by atoms with van der Waals surface area (Å²) < 4.78 is 0. The van der Waals surface area contributed by atoms with Gasteiger partial charge in [-0.1, -0.05) is 6.92 Å². The quantitative estimate of drug-likeness (QED) is 0.748. The minimum atomic E-state index is -1.05. The van der Waals surface area contributed by atoms with Crippen LogP contribution in [-0.2, 0) is 17.8 Å². The summed E-state index contributed by atoms with van der Waals surface area (Å²) in [5.41, 5.74) is 0. The third-order valence-electron chi connectivity index (χ3n) is 2.21. The van der Waals surface area contributed by atoms with Crippen LogP contribution in [0.3, 0.4) is 0 Å². The minimum absolute atomic E-state index is 0.419. The maximum Gasteiger partial charge on any atom is 0.325 e. The first-order valence-electron chi connectivity index (χ1n) is 5.37. The van der Waals surface area contributed by atoms with E-state index in [1.807, 2.05) is 12.1 Å². The lowest BCUT2D eigenvalue weighted by molar-refractivity contribution is -0.138. The molecule has 1 heterocycles. The van der Waals surface area contributed by atoms with Gasteiger partial charge in [-0.3, -0.25) is 4.79 Å². The first-order chi connectivity index (χ1) is 8.02. The van der Waals surface area contributed by atoms with E-state index in [1.165, 1.54) is 11.8 Å². The highest BCUT2D eigenvalue weighted by Gasteiger charge is 2.13. The standard InChI is InChI=1S/C11H16N2O3S/c1-3-8-4-5-9(17-8)6-12-11(16)13-7(2)10(14)15/h4-5,7H,3,6H2,1-2H3,(H,14,15)(H2,12,13,16)/t7-/m0/s1. The summed E-state index contributed by atoms with van der Waals surface area (Å²) in [6.07, 6.45) is 0.979. The normalized spacial score (nSPS) is 11.9. The summed E-state index contributed by atoms with van der Waals surface area (Å²) in [5.74, 6) is -1.05. The molecule has 0 unspecified atom stereocenters. The van der Waals surface area contributed by atoms with E-state index in [2.05, 4.69) is 17.6 Å². The van der Waals surface area contributed by atoms with Crippen molar-refractivity contribution in [1.82, 2.24) is 10.6 Å². The molecule has 0 saturated heterocycles. The summed E-state index contributed by atoms with van der Waals surface area (Å²) in [6, 6.07) is 2.64. The van der Waals surface area contributed by atoms with E-state index in [0.717, 1.165) is 11.3 Å². The Morgan fingerprint density at radius 1 is 1.41 bits per heavy atom. The summed E-state index contributed by atoms with van der Waals surface area (Å²) >= 11 is 1.64. The number of thiophene rings is 1. The molecule has 3 N–H and O–H groups in total. The van der Waals surface area contributed by atoms with Crippen molar-refractivity contribution in [2.45, 2.75) is 32.9 Å². The van der Waals surface area contributed by atoms with Gasteiger partial charge >= 0.3 is 12.0 Å². The fraction of sp³-hybridized carbons (Fsp3) is 0.455. The maximum absolute atomic E-state index is 11.3. The monoisotopic (exact) mass is 256 g/mol. The number of nitrogens with one attached hydrogen (secondary N) is 2. The average Bonchev–Trinajstić information content (AvgIpc) is 2.74. The minimum Gasteiger partial charge on any atom is -0.480 e. The van der Waals surface area contributed by atoms with Gasteiger partial charge in [-0.2, -0.15) is 0 Å². The van der Waals surface area contributed by atoms with Gasteiger partial charge in [0, 0.05) is 9.75 Å². The Kier molecular flexibility index (Phi) is 4.96. The van der Waals surface area contributed by atoms with Gasteiger partial charge in [0.05, 0.1) is 6.54 Å². The SMILES string of the molecule is CCc1ccc(CNC(=O)N[C@@H](C)C(=O)O)s1. The van der Waals surface area contributed by atoms with Crippen LogP contribution in [-0.4, -0.2) is 23.1 Å². The third kappa shape index (κ3) is 4.44. The highest BCUT2D eigenvalue weighted by molar-refractivity contribution is 7.11. The molecule has 2 amide bonds. The van der Waals surface area contributed by atoms with Gasteiger partial charge < -0.3 is 15.7 Å². The molecule has 0 radical (unpaired) electrons. The summed E-state index contributed by atoms with van der Waals surface area (Å²) in [5, 5.41) is 13.6. The Morgan fingerprint density at radius 3 is 2.59 bits per heavy atom. The van der Waals surface area contributed by atoms with Gasteiger partial charge in [-0.05, 0) is 25.5 Å². The smallest absolute Gasteiger partial charge is 0.325 e. The van der Waals surface area contributed by atoms with Crippen molar-refractivity contribution >= 4 is 23.3 Å². The van der Waals surface area contributed by atoms with Crippen LogP contribution >= 0.6 is 11.3 Å². The van der Waals surface area contributed by atoms with E-state index in [0.29, 0.717) is 6.54 Å². The molecule has 17 heavy (non-hydrogen) atoms. The number of carboxylic acids is 1. The number of carbonyl (C=O) groups excluding carboxylic acids is 1. The fourth-order valence-corrected chi connectivity index (χ4v) is 2.08. The van der Waals surface area contributed by atoms with E-state index < -0.39 is 18.0 Å². The van der Waals surface area contributed by atoms with E-state index in [4.69, 9.17) is 5.11 Å². The van der Waals surface area contributed by atoms with E-state index in [-0.39, 0.29) is 0 Å². The van der Waals surface area contributed by atoms with Crippen molar-refractivity contribution in [3.05, 3.63) is 21.9 Å². The largest absolute Gasteiger partial charge is 0.480 e. The number of hydrogen-bond acceptors (Lipinski definition) is 3. The lowest BCUT2D eigenvalue weighted by Gasteiger charge is -2.09. The van der Waals surface area contributed by atoms with Crippen molar-refractivity contribution in [3.8, 4) is 0 Å². The van der Waals surface area contributed by atoms with Gasteiger partial charge in [-0.25, -0.2) is 4.79 Å². The van der Waals surface area contributed by atoms with Crippen LogP contribution in [0.25, 0.3) is 0 Å². The molecule has 0 fully saturated rings. The van der Waals surface area contributed by atoms with Crippen LogP contribution in [0.5, 0.6) is 0 Å². The van der Waals surface area contributed by atoms with Crippen molar-refractivity contribution in [3.63, 3.8) is 0 Å². The first kappa shape index (κ1) is 13.5. The van der Waals surface area contributed by atoms with Crippen LogP contribution < -0.4 is 10.6 Å². The number of amides is 2. The van der Waals surface area contributed by atoms with Crippen molar-refractivity contribution < 1.29 is 14.7 Å². The molecule has 0 aliphatic heterocycles. The molecule has 1 rings (SSSR count). The highest BCUT2D eigenvalue weighted by atomic mass is 32.1. The molecule has 0 saturated carbocycles. The molecule has 0 aliphatic rings. The number of rotatable bonds is 5. The van der Waals surface area contributed by atoms with Gasteiger partial charge in [0.25, 0.3) is 0 Å². The second-order valence-corrected chi connectivity index (χ2v) is 4.86. The topological polar surface area (TPSA) is 78.4 Å². The Hall–Kier alpha value is -1.56. The fourth-order valence-electron chi connectivity index (χ4n) is 1.18. The number of aliphatic carboxylic acids is 1. The molecule has 0 spiro atoms. The first-order valence-corrected chi connectivity index (χ1v) is 6.19. The van der Waals surface area contributed by atoms with E-state index in [1.54, 1.807) is 11.3 Å².